The van der Waals surface area contributed by atoms with Crippen molar-refractivity contribution in [3.05, 3.63) is 57.7 Å². The number of fused-ring (bicyclic) bond motifs is 2. The molecule has 3 aromatic rings. The Kier molecular flexibility index (Phi) is 11.8. The molecule has 0 bridgehead atoms. The van der Waals surface area contributed by atoms with Gasteiger partial charge in [0.15, 0.2) is 0 Å². The summed E-state index contributed by atoms with van der Waals surface area (Å²) in [6.07, 6.45) is 8.86. The average molecular weight is 525 g/mol. The van der Waals surface area contributed by atoms with Crippen LogP contribution in [0.3, 0.4) is 0 Å². The summed E-state index contributed by atoms with van der Waals surface area (Å²) in [5, 5.41) is 0.655. The maximum absolute atomic E-state index is 13.4. The minimum absolute atomic E-state index is 0.0213. The van der Waals surface area contributed by atoms with Gasteiger partial charge in [-0.2, -0.15) is 0 Å². The normalized spacial score (nSPS) is 12.1. The zero-order valence-electron chi connectivity index (χ0n) is 22.9. The lowest BCUT2D eigenvalue weighted by Gasteiger charge is -2.19. The molecule has 0 spiro atoms. The van der Waals surface area contributed by atoms with Gasteiger partial charge in [-0.05, 0) is 44.5 Å². The highest BCUT2D eigenvalue weighted by Crippen LogP contribution is 2.31. The molecule has 1 aromatic heterocycles. The van der Waals surface area contributed by atoms with Gasteiger partial charge in [0.05, 0.1) is 42.1 Å². The van der Waals surface area contributed by atoms with Gasteiger partial charge < -0.3 is 18.6 Å². The molecule has 0 aliphatic rings. The molecule has 1 atom stereocenters. The van der Waals surface area contributed by atoms with E-state index in [0.717, 1.165) is 12.8 Å². The lowest BCUT2D eigenvalue weighted by molar-refractivity contribution is -0.146. The van der Waals surface area contributed by atoms with E-state index in [2.05, 4.69) is 6.92 Å². The maximum atomic E-state index is 13.4. The van der Waals surface area contributed by atoms with Crippen molar-refractivity contribution in [2.45, 2.75) is 84.7 Å². The quantitative estimate of drug-likeness (QED) is 0.110. The Morgan fingerprint density at radius 2 is 1.55 bits per heavy atom. The van der Waals surface area contributed by atoms with Gasteiger partial charge in [-0.1, -0.05) is 64.0 Å². The summed E-state index contributed by atoms with van der Waals surface area (Å²) in [5.41, 5.74) is 1.38. The number of hydrogen-bond donors (Lipinski definition) is 0. The molecule has 0 aliphatic carbocycles. The van der Waals surface area contributed by atoms with Crippen LogP contribution in [-0.4, -0.2) is 31.8 Å². The molecule has 0 N–H and O–H groups in total. The second-order valence-corrected chi connectivity index (χ2v) is 9.43. The molecule has 0 saturated carbocycles. The van der Waals surface area contributed by atoms with Crippen LogP contribution in [0.5, 0.6) is 0 Å². The molecule has 3 rings (SSSR count). The van der Waals surface area contributed by atoms with Gasteiger partial charge in [0.2, 0.25) is 5.43 Å². The van der Waals surface area contributed by atoms with E-state index < -0.39 is 12.1 Å². The SMILES string of the molecule is CCCCCCCCCCOC(CC(=O)OCC)c1cccc2c(=O)c3cc(C(=O)OCC)ccc3oc12. The van der Waals surface area contributed by atoms with Gasteiger partial charge in [-0.25, -0.2) is 4.79 Å². The lowest BCUT2D eigenvalue weighted by Crippen LogP contribution is -2.15. The van der Waals surface area contributed by atoms with Gasteiger partial charge in [0.25, 0.3) is 0 Å². The van der Waals surface area contributed by atoms with E-state index in [1.54, 1.807) is 38.1 Å². The first-order chi connectivity index (χ1) is 18.5. The minimum atomic E-state index is -0.610. The first-order valence-electron chi connectivity index (χ1n) is 13.9. The van der Waals surface area contributed by atoms with Crippen LogP contribution in [0, 0.1) is 0 Å². The zero-order chi connectivity index (χ0) is 27.3. The Hall–Kier alpha value is -3.19. The van der Waals surface area contributed by atoms with Crippen molar-refractivity contribution in [3.63, 3.8) is 0 Å². The summed E-state index contributed by atoms with van der Waals surface area (Å²) in [5.74, 6) is -0.862. The summed E-state index contributed by atoms with van der Waals surface area (Å²) in [4.78, 5) is 38.0. The third kappa shape index (κ3) is 7.90. The van der Waals surface area contributed by atoms with Crippen LogP contribution in [0.1, 0.15) is 101 Å². The minimum Gasteiger partial charge on any atom is -0.466 e. The summed E-state index contributed by atoms with van der Waals surface area (Å²) in [6.45, 7) is 6.73. The van der Waals surface area contributed by atoms with Gasteiger partial charge in [-0.15, -0.1) is 0 Å². The summed E-state index contributed by atoms with van der Waals surface area (Å²) >= 11 is 0. The van der Waals surface area contributed by atoms with Crippen molar-refractivity contribution in [3.8, 4) is 0 Å². The number of carbonyl (C=O) groups is 2. The summed E-state index contributed by atoms with van der Waals surface area (Å²) in [7, 11) is 0. The highest BCUT2D eigenvalue weighted by molar-refractivity contribution is 5.97. The summed E-state index contributed by atoms with van der Waals surface area (Å²) < 4.78 is 22.6. The molecule has 38 heavy (non-hydrogen) atoms. The Labute approximate surface area is 224 Å². The van der Waals surface area contributed by atoms with Crippen molar-refractivity contribution < 1.29 is 28.2 Å². The number of rotatable bonds is 16. The number of unbranched alkanes of at least 4 members (excludes halogenated alkanes) is 7. The number of esters is 2. The third-order valence-electron chi connectivity index (χ3n) is 6.56. The molecule has 0 radical (unpaired) electrons. The predicted molar refractivity (Wildman–Crippen MR) is 148 cm³/mol. The third-order valence-corrected chi connectivity index (χ3v) is 6.56. The molecule has 1 unspecified atom stereocenters. The van der Waals surface area contributed by atoms with Crippen molar-refractivity contribution in [2.75, 3.05) is 19.8 Å². The van der Waals surface area contributed by atoms with Crippen LogP contribution < -0.4 is 5.43 Å². The fourth-order valence-electron chi connectivity index (χ4n) is 4.59. The number of para-hydroxylation sites is 1. The van der Waals surface area contributed by atoms with E-state index >= 15 is 0 Å². The first-order valence-corrected chi connectivity index (χ1v) is 13.9. The summed E-state index contributed by atoms with van der Waals surface area (Å²) in [6, 6.07) is 9.93. The Bertz CT molecular complexity index is 1260. The highest BCUT2D eigenvalue weighted by Gasteiger charge is 2.23. The van der Waals surface area contributed by atoms with Gasteiger partial charge in [0, 0.05) is 12.2 Å². The Morgan fingerprint density at radius 1 is 0.842 bits per heavy atom. The van der Waals surface area contributed by atoms with E-state index in [1.165, 1.54) is 44.6 Å². The van der Waals surface area contributed by atoms with Crippen molar-refractivity contribution in [2.24, 2.45) is 0 Å². The van der Waals surface area contributed by atoms with Crippen molar-refractivity contribution >= 4 is 33.9 Å². The Morgan fingerprint density at radius 3 is 2.26 bits per heavy atom. The maximum Gasteiger partial charge on any atom is 0.338 e. The lowest BCUT2D eigenvalue weighted by atomic mass is 10.0. The van der Waals surface area contributed by atoms with Crippen LogP contribution in [0.25, 0.3) is 21.9 Å². The second kappa shape index (κ2) is 15.3. The monoisotopic (exact) mass is 524 g/mol. The number of ether oxygens (including phenoxy) is 3. The van der Waals surface area contributed by atoms with E-state index in [9.17, 15) is 14.4 Å². The highest BCUT2D eigenvalue weighted by atomic mass is 16.5. The standard InChI is InChI=1S/C31H40O7/c1-4-7-8-9-10-11-12-13-19-37-27(21-28(32)35-5-2)23-15-14-16-24-29(33)25-20-22(31(34)36-6-3)17-18-26(25)38-30(23)24/h14-18,20,27H,4-13,19,21H2,1-3H3. The van der Waals surface area contributed by atoms with Crippen LogP contribution in [0.4, 0.5) is 0 Å². The average Bonchev–Trinajstić information content (AvgIpc) is 2.91. The fourth-order valence-corrected chi connectivity index (χ4v) is 4.59. The van der Waals surface area contributed by atoms with Gasteiger partial charge in [0.1, 0.15) is 11.2 Å². The van der Waals surface area contributed by atoms with Crippen LogP contribution in [-0.2, 0) is 19.0 Å². The first kappa shape index (κ1) is 29.4. The number of carbonyl (C=O) groups excluding carboxylic acids is 2. The van der Waals surface area contributed by atoms with E-state index in [-0.39, 0.29) is 36.6 Å². The van der Waals surface area contributed by atoms with Gasteiger partial charge >= 0.3 is 11.9 Å². The number of hydrogen-bond acceptors (Lipinski definition) is 7. The second-order valence-electron chi connectivity index (χ2n) is 9.43. The molecule has 0 aliphatic heterocycles. The fraction of sp³-hybridized carbons (Fsp3) is 0.516. The molecule has 7 heteroatoms. The van der Waals surface area contributed by atoms with E-state index in [1.807, 2.05) is 6.07 Å². The molecule has 0 fully saturated rings. The molecule has 0 saturated heterocycles. The number of benzene rings is 2. The van der Waals surface area contributed by atoms with Crippen molar-refractivity contribution in [1.82, 2.24) is 0 Å². The molecule has 0 amide bonds. The van der Waals surface area contributed by atoms with Crippen LogP contribution >= 0.6 is 0 Å². The Balaban J connectivity index is 1.84. The molecular weight excluding hydrogens is 484 g/mol. The largest absolute Gasteiger partial charge is 0.466 e. The molecule has 206 valence electrons. The molecule has 1 heterocycles. The van der Waals surface area contributed by atoms with Crippen molar-refractivity contribution in [1.29, 1.82) is 0 Å². The molecule has 7 nitrogen and oxygen atoms in total. The molecular formula is C31H40O7. The van der Waals surface area contributed by atoms with Crippen LogP contribution in [0.15, 0.2) is 45.6 Å². The van der Waals surface area contributed by atoms with E-state index in [4.69, 9.17) is 18.6 Å². The zero-order valence-corrected chi connectivity index (χ0v) is 22.9. The topological polar surface area (TPSA) is 92.0 Å². The van der Waals surface area contributed by atoms with Crippen LogP contribution in [0.2, 0.25) is 0 Å². The van der Waals surface area contributed by atoms with Gasteiger partial charge in [-0.3, -0.25) is 9.59 Å². The smallest absolute Gasteiger partial charge is 0.338 e. The molecule has 2 aromatic carbocycles. The van der Waals surface area contributed by atoms with E-state index in [0.29, 0.717) is 34.1 Å². The predicted octanol–water partition coefficient (Wildman–Crippen LogP) is 7.27.